The largest absolute Gasteiger partial charge is 0.337 e. The van der Waals surface area contributed by atoms with E-state index in [1.807, 2.05) is 21.8 Å². The highest BCUT2D eigenvalue weighted by Crippen LogP contribution is 2.49. The Kier molecular flexibility index (Phi) is 3.82. The van der Waals surface area contributed by atoms with Crippen molar-refractivity contribution in [3.8, 4) is 11.3 Å². The highest BCUT2D eigenvalue weighted by atomic mass is 19.2. The van der Waals surface area contributed by atoms with Crippen LogP contribution in [0, 0.1) is 17.0 Å². The molecule has 0 unspecified atom stereocenters. The predicted octanol–water partition coefficient (Wildman–Crippen LogP) is 2.92. The molecule has 3 heterocycles. The van der Waals surface area contributed by atoms with Gasteiger partial charge in [-0.1, -0.05) is 0 Å². The average Bonchev–Trinajstić information content (AvgIpc) is 3.11. The summed E-state index contributed by atoms with van der Waals surface area (Å²) in [5, 5.41) is 11.5. The highest BCUT2D eigenvalue weighted by Gasteiger charge is 2.52. The van der Waals surface area contributed by atoms with Crippen LogP contribution >= 0.6 is 0 Å². The lowest BCUT2D eigenvalue weighted by molar-refractivity contribution is -0.138. The van der Waals surface area contributed by atoms with Crippen LogP contribution in [0.4, 0.5) is 8.78 Å². The van der Waals surface area contributed by atoms with Gasteiger partial charge in [0.15, 0.2) is 11.6 Å². The van der Waals surface area contributed by atoms with Crippen LogP contribution in [-0.2, 0) is 24.3 Å². The number of nitrogens with zero attached hydrogens (tertiary/aromatic N) is 4. The van der Waals surface area contributed by atoms with E-state index in [-0.39, 0.29) is 11.3 Å². The van der Waals surface area contributed by atoms with E-state index in [4.69, 9.17) is 0 Å². The van der Waals surface area contributed by atoms with E-state index in [1.165, 1.54) is 6.07 Å². The molecule has 0 atom stereocenters. The van der Waals surface area contributed by atoms with Crippen molar-refractivity contribution in [2.75, 3.05) is 6.54 Å². The van der Waals surface area contributed by atoms with Gasteiger partial charge in [-0.3, -0.25) is 14.6 Å². The molecule has 0 radical (unpaired) electrons. The fourth-order valence-electron chi connectivity index (χ4n) is 3.98. The SMILES string of the molecule is O=C(N1CCc2[nH]nc(-c3ccc(F)c(F)c3)c2C1)C1(Cn2cccn2)CC1. The molecule has 0 spiro atoms. The third-order valence-electron chi connectivity index (χ3n) is 5.74. The van der Waals surface area contributed by atoms with Crippen LogP contribution < -0.4 is 0 Å². The number of fused-ring (bicyclic) bond motifs is 1. The standard InChI is InChI=1S/C20H19F2N5O/c21-15-3-2-13(10-16(15)22)18-14-11-26(9-4-17(14)24-25-18)19(28)20(5-6-20)12-27-8-1-7-23-27/h1-3,7-8,10H,4-6,9,11-12H2,(H,24,25). The minimum atomic E-state index is -0.908. The number of nitrogens with one attached hydrogen (secondary N) is 1. The quantitative estimate of drug-likeness (QED) is 0.753. The molecule has 1 aliphatic carbocycles. The van der Waals surface area contributed by atoms with Crippen LogP contribution in [0.5, 0.6) is 0 Å². The minimum absolute atomic E-state index is 0.131. The lowest BCUT2D eigenvalue weighted by Crippen LogP contribution is -2.42. The molecule has 8 heteroatoms. The maximum Gasteiger partial charge on any atom is 0.230 e. The molecule has 3 aromatic rings. The molecule has 1 saturated carbocycles. The molecule has 2 aliphatic rings. The molecule has 1 fully saturated rings. The summed E-state index contributed by atoms with van der Waals surface area (Å²) in [6.07, 6.45) is 5.97. The first kappa shape index (κ1) is 17.1. The average molecular weight is 383 g/mol. The Balaban J connectivity index is 1.40. The van der Waals surface area contributed by atoms with Crippen molar-refractivity contribution in [3.05, 3.63) is 59.6 Å². The van der Waals surface area contributed by atoms with Crippen molar-refractivity contribution in [3.63, 3.8) is 0 Å². The molecular weight excluding hydrogens is 364 g/mol. The van der Waals surface area contributed by atoms with Gasteiger partial charge in [0.05, 0.1) is 17.7 Å². The number of amides is 1. The van der Waals surface area contributed by atoms with E-state index in [9.17, 15) is 13.6 Å². The molecule has 6 nitrogen and oxygen atoms in total. The van der Waals surface area contributed by atoms with E-state index in [2.05, 4.69) is 15.3 Å². The maximum atomic E-state index is 13.7. The summed E-state index contributed by atoms with van der Waals surface area (Å²) in [6.45, 7) is 1.62. The second-order valence-corrected chi connectivity index (χ2v) is 7.62. The fourth-order valence-corrected chi connectivity index (χ4v) is 3.98. The first-order valence-corrected chi connectivity index (χ1v) is 9.34. The van der Waals surface area contributed by atoms with Gasteiger partial charge in [-0.2, -0.15) is 10.2 Å². The van der Waals surface area contributed by atoms with Gasteiger partial charge >= 0.3 is 0 Å². The van der Waals surface area contributed by atoms with Crippen molar-refractivity contribution in [1.29, 1.82) is 0 Å². The lowest BCUT2D eigenvalue weighted by Gasteiger charge is -2.31. The van der Waals surface area contributed by atoms with Crippen LogP contribution in [0.3, 0.4) is 0 Å². The normalized spacial score (nSPS) is 17.4. The molecule has 1 N–H and O–H groups in total. The van der Waals surface area contributed by atoms with Gasteiger partial charge in [0.1, 0.15) is 0 Å². The lowest BCUT2D eigenvalue weighted by atomic mass is 9.98. The zero-order valence-corrected chi connectivity index (χ0v) is 15.2. The number of hydrogen-bond donors (Lipinski definition) is 1. The molecule has 144 valence electrons. The Hall–Kier alpha value is -3.03. The molecule has 2 aromatic heterocycles. The number of rotatable bonds is 4. The smallest absolute Gasteiger partial charge is 0.230 e. The van der Waals surface area contributed by atoms with Crippen molar-refractivity contribution < 1.29 is 13.6 Å². The Labute approximate surface area is 160 Å². The molecule has 1 aromatic carbocycles. The third kappa shape index (κ3) is 2.80. The molecule has 1 amide bonds. The summed E-state index contributed by atoms with van der Waals surface area (Å²) in [6, 6.07) is 5.61. The molecule has 5 rings (SSSR count). The zero-order valence-electron chi connectivity index (χ0n) is 15.2. The van der Waals surface area contributed by atoms with Crippen LogP contribution in [0.1, 0.15) is 24.1 Å². The first-order valence-electron chi connectivity index (χ1n) is 9.34. The van der Waals surface area contributed by atoms with E-state index in [1.54, 1.807) is 6.20 Å². The number of halogens is 2. The Morgan fingerprint density at radius 1 is 1.25 bits per heavy atom. The highest BCUT2D eigenvalue weighted by molar-refractivity contribution is 5.85. The first-order chi connectivity index (χ1) is 13.6. The van der Waals surface area contributed by atoms with Crippen LogP contribution in [0.2, 0.25) is 0 Å². The Bertz CT molecular complexity index is 1040. The summed E-state index contributed by atoms with van der Waals surface area (Å²) < 4.78 is 28.8. The number of hydrogen-bond acceptors (Lipinski definition) is 3. The number of carbonyl (C=O) groups is 1. The van der Waals surface area contributed by atoms with E-state index in [0.29, 0.717) is 37.3 Å². The van der Waals surface area contributed by atoms with Gasteiger partial charge in [-0.05, 0) is 37.1 Å². The van der Waals surface area contributed by atoms with Gasteiger partial charge in [0, 0.05) is 48.7 Å². The van der Waals surface area contributed by atoms with Crippen molar-refractivity contribution in [2.24, 2.45) is 5.41 Å². The van der Waals surface area contributed by atoms with Crippen molar-refractivity contribution in [1.82, 2.24) is 24.9 Å². The third-order valence-corrected chi connectivity index (χ3v) is 5.74. The minimum Gasteiger partial charge on any atom is -0.337 e. The topological polar surface area (TPSA) is 66.8 Å². The fraction of sp³-hybridized carbons (Fsp3) is 0.350. The van der Waals surface area contributed by atoms with Gasteiger partial charge in [0.2, 0.25) is 5.91 Å². The second-order valence-electron chi connectivity index (χ2n) is 7.62. The van der Waals surface area contributed by atoms with Crippen LogP contribution in [0.15, 0.2) is 36.7 Å². The second kappa shape index (κ2) is 6.25. The number of aromatic amines is 1. The zero-order chi connectivity index (χ0) is 19.3. The van der Waals surface area contributed by atoms with E-state index >= 15 is 0 Å². The number of H-pyrrole nitrogens is 1. The summed E-state index contributed by atoms with van der Waals surface area (Å²) in [7, 11) is 0. The summed E-state index contributed by atoms with van der Waals surface area (Å²) >= 11 is 0. The molecule has 0 saturated heterocycles. The van der Waals surface area contributed by atoms with E-state index in [0.717, 1.165) is 36.2 Å². The number of carbonyl (C=O) groups excluding carboxylic acids is 1. The van der Waals surface area contributed by atoms with Crippen molar-refractivity contribution >= 4 is 5.91 Å². The monoisotopic (exact) mass is 383 g/mol. The van der Waals surface area contributed by atoms with Gasteiger partial charge in [-0.15, -0.1) is 0 Å². The predicted molar refractivity (Wildman–Crippen MR) is 97.0 cm³/mol. The summed E-state index contributed by atoms with van der Waals surface area (Å²) in [4.78, 5) is 15.1. The van der Waals surface area contributed by atoms with Crippen LogP contribution in [0.25, 0.3) is 11.3 Å². The molecular formula is C20H19F2N5O. The summed E-state index contributed by atoms with van der Waals surface area (Å²) in [5.41, 5.74) is 2.52. The molecule has 1 aliphatic heterocycles. The van der Waals surface area contributed by atoms with Crippen LogP contribution in [-0.4, -0.2) is 37.3 Å². The van der Waals surface area contributed by atoms with Gasteiger partial charge in [-0.25, -0.2) is 8.78 Å². The van der Waals surface area contributed by atoms with Crippen molar-refractivity contribution in [2.45, 2.75) is 32.4 Å². The summed E-state index contributed by atoms with van der Waals surface area (Å²) in [5.74, 6) is -1.67. The van der Waals surface area contributed by atoms with Gasteiger partial charge < -0.3 is 4.90 Å². The number of aromatic nitrogens is 4. The van der Waals surface area contributed by atoms with Gasteiger partial charge in [0.25, 0.3) is 0 Å². The maximum absolute atomic E-state index is 13.7. The van der Waals surface area contributed by atoms with E-state index < -0.39 is 11.6 Å². The Morgan fingerprint density at radius 3 is 2.82 bits per heavy atom. The number of benzene rings is 1. The Morgan fingerprint density at radius 2 is 2.11 bits per heavy atom. The molecule has 28 heavy (non-hydrogen) atoms. The molecule has 0 bridgehead atoms.